The number of carbonyl (C=O) groups is 1. The van der Waals surface area contributed by atoms with Gasteiger partial charge in [-0.1, -0.05) is 6.08 Å². The van der Waals surface area contributed by atoms with Crippen molar-refractivity contribution >= 4 is 11.7 Å². The van der Waals surface area contributed by atoms with Crippen molar-refractivity contribution in [2.24, 2.45) is 0 Å². The lowest BCUT2D eigenvalue weighted by molar-refractivity contribution is 0.0937. The molecule has 0 aliphatic carbocycles. The standard InChI is InChI=1S/C12H17N3O2/c1-3-6-13-11-5-4-10(9-15-11)12(16)14-7-8-17-2/h3-5,9H,1,6-8H2,2H3,(H,13,15)(H,14,16). The predicted molar refractivity (Wildman–Crippen MR) is 67.1 cm³/mol. The molecular formula is C12H17N3O2. The van der Waals surface area contributed by atoms with Gasteiger partial charge in [0, 0.05) is 26.4 Å². The van der Waals surface area contributed by atoms with E-state index in [-0.39, 0.29) is 5.91 Å². The number of hydrogen-bond donors (Lipinski definition) is 2. The number of methoxy groups -OCH3 is 1. The fourth-order valence-corrected chi connectivity index (χ4v) is 1.18. The van der Waals surface area contributed by atoms with Crippen molar-refractivity contribution in [3.63, 3.8) is 0 Å². The Hall–Kier alpha value is -1.88. The summed E-state index contributed by atoms with van der Waals surface area (Å²) < 4.78 is 4.84. The topological polar surface area (TPSA) is 63.2 Å². The zero-order valence-corrected chi connectivity index (χ0v) is 9.90. The van der Waals surface area contributed by atoms with Crippen LogP contribution in [0.1, 0.15) is 10.4 Å². The first-order valence-corrected chi connectivity index (χ1v) is 5.36. The number of hydrogen-bond acceptors (Lipinski definition) is 4. The second kappa shape index (κ2) is 7.40. The Bertz CT molecular complexity index is 363. The molecule has 0 saturated heterocycles. The first-order valence-electron chi connectivity index (χ1n) is 5.36. The summed E-state index contributed by atoms with van der Waals surface area (Å²) in [5.74, 6) is 0.572. The molecule has 0 aliphatic rings. The van der Waals surface area contributed by atoms with Crippen molar-refractivity contribution in [2.45, 2.75) is 0 Å². The van der Waals surface area contributed by atoms with Crippen molar-refractivity contribution in [1.82, 2.24) is 10.3 Å². The number of carbonyl (C=O) groups excluding carboxylic acids is 1. The van der Waals surface area contributed by atoms with Gasteiger partial charge in [-0.3, -0.25) is 4.79 Å². The molecule has 5 nitrogen and oxygen atoms in total. The lowest BCUT2D eigenvalue weighted by Gasteiger charge is -2.05. The smallest absolute Gasteiger partial charge is 0.252 e. The molecular weight excluding hydrogens is 218 g/mol. The number of nitrogens with one attached hydrogen (secondary N) is 2. The summed E-state index contributed by atoms with van der Waals surface area (Å²) in [7, 11) is 1.59. The minimum Gasteiger partial charge on any atom is -0.383 e. The number of pyridine rings is 1. The summed E-state index contributed by atoms with van der Waals surface area (Å²) in [6.07, 6.45) is 3.28. The molecule has 0 fully saturated rings. The molecule has 0 spiro atoms. The molecule has 0 atom stereocenters. The Balaban J connectivity index is 2.48. The van der Waals surface area contributed by atoms with Gasteiger partial charge in [-0.05, 0) is 12.1 Å². The van der Waals surface area contributed by atoms with Gasteiger partial charge in [0.25, 0.3) is 5.91 Å². The maximum Gasteiger partial charge on any atom is 0.252 e. The number of ether oxygens (including phenoxy) is 1. The fraction of sp³-hybridized carbons (Fsp3) is 0.333. The molecule has 17 heavy (non-hydrogen) atoms. The van der Waals surface area contributed by atoms with Gasteiger partial charge in [0.1, 0.15) is 5.82 Å². The Morgan fingerprint density at radius 1 is 1.59 bits per heavy atom. The Morgan fingerprint density at radius 3 is 3.00 bits per heavy atom. The summed E-state index contributed by atoms with van der Waals surface area (Å²) in [5.41, 5.74) is 0.533. The summed E-state index contributed by atoms with van der Waals surface area (Å²) in [4.78, 5) is 15.7. The van der Waals surface area contributed by atoms with Crippen molar-refractivity contribution < 1.29 is 9.53 Å². The van der Waals surface area contributed by atoms with Crippen LogP contribution in [0.4, 0.5) is 5.82 Å². The molecule has 0 aliphatic heterocycles. The molecule has 0 unspecified atom stereocenters. The van der Waals surface area contributed by atoms with Gasteiger partial charge >= 0.3 is 0 Å². The van der Waals surface area contributed by atoms with Gasteiger partial charge in [0.15, 0.2) is 0 Å². The minimum absolute atomic E-state index is 0.148. The highest BCUT2D eigenvalue weighted by atomic mass is 16.5. The third-order valence-corrected chi connectivity index (χ3v) is 2.04. The number of rotatable bonds is 7. The maximum atomic E-state index is 11.6. The summed E-state index contributed by atoms with van der Waals surface area (Å²) in [6, 6.07) is 3.48. The van der Waals surface area contributed by atoms with E-state index in [4.69, 9.17) is 4.74 Å². The quantitative estimate of drug-likeness (QED) is 0.548. The van der Waals surface area contributed by atoms with Gasteiger partial charge in [-0.15, -0.1) is 6.58 Å². The molecule has 2 N–H and O–H groups in total. The third-order valence-electron chi connectivity index (χ3n) is 2.04. The zero-order valence-electron chi connectivity index (χ0n) is 9.90. The SMILES string of the molecule is C=CCNc1ccc(C(=O)NCCOC)cn1. The van der Waals surface area contributed by atoms with E-state index >= 15 is 0 Å². The van der Waals surface area contributed by atoms with Gasteiger partial charge < -0.3 is 15.4 Å². The molecule has 0 aromatic carbocycles. The normalized spacial score (nSPS) is 9.71. The Labute approximate surface area is 101 Å². The van der Waals surface area contributed by atoms with Gasteiger partial charge in [0.2, 0.25) is 0 Å². The Morgan fingerprint density at radius 2 is 2.41 bits per heavy atom. The van der Waals surface area contributed by atoms with E-state index in [1.54, 1.807) is 25.3 Å². The van der Waals surface area contributed by atoms with E-state index in [0.717, 1.165) is 5.82 Å². The summed E-state index contributed by atoms with van der Waals surface area (Å²) >= 11 is 0. The molecule has 1 aromatic rings. The highest BCUT2D eigenvalue weighted by Gasteiger charge is 2.04. The van der Waals surface area contributed by atoms with Crippen LogP contribution in [0, 0.1) is 0 Å². The van der Waals surface area contributed by atoms with Crippen LogP contribution in [-0.2, 0) is 4.74 Å². The second-order valence-electron chi connectivity index (χ2n) is 3.35. The van der Waals surface area contributed by atoms with Crippen LogP contribution in [0.3, 0.4) is 0 Å². The van der Waals surface area contributed by atoms with Crippen molar-refractivity contribution in [1.29, 1.82) is 0 Å². The van der Waals surface area contributed by atoms with Gasteiger partial charge in [0.05, 0.1) is 12.2 Å². The van der Waals surface area contributed by atoms with Crippen LogP contribution in [0.25, 0.3) is 0 Å². The summed E-state index contributed by atoms with van der Waals surface area (Å²) in [5, 5.41) is 5.75. The molecule has 0 bridgehead atoms. The first-order chi connectivity index (χ1) is 8.27. The summed E-state index contributed by atoms with van der Waals surface area (Å²) in [6.45, 7) is 5.23. The fourth-order valence-electron chi connectivity index (χ4n) is 1.18. The van der Waals surface area contributed by atoms with E-state index in [1.165, 1.54) is 6.20 Å². The monoisotopic (exact) mass is 235 g/mol. The molecule has 0 saturated carbocycles. The molecule has 1 rings (SSSR count). The van der Waals surface area contributed by atoms with E-state index in [0.29, 0.717) is 25.3 Å². The van der Waals surface area contributed by atoms with Crippen LogP contribution in [0.5, 0.6) is 0 Å². The number of aromatic nitrogens is 1. The number of nitrogens with zero attached hydrogens (tertiary/aromatic N) is 1. The molecule has 92 valence electrons. The number of anilines is 1. The largest absolute Gasteiger partial charge is 0.383 e. The molecule has 0 radical (unpaired) electrons. The maximum absolute atomic E-state index is 11.6. The van der Waals surface area contributed by atoms with E-state index < -0.39 is 0 Å². The average Bonchev–Trinajstić information content (AvgIpc) is 2.37. The average molecular weight is 235 g/mol. The van der Waals surface area contributed by atoms with Crippen molar-refractivity contribution in [2.75, 3.05) is 32.1 Å². The lowest BCUT2D eigenvalue weighted by Crippen LogP contribution is -2.27. The van der Waals surface area contributed by atoms with Gasteiger partial charge in [-0.2, -0.15) is 0 Å². The van der Waals surface area contributed by atoms with E-state index in [2.05, 4.69) is 22.2 Å². The predicted octanol–water partition coefficient (Wildman–Crippen LogP) is 1.06. The first kappa shape index (κ1) is 13.2. The van der Waals surface area contributed by atoms with Crippen LogP contribution in [0.2, 0.25) is 0 Å². The van der Waals surface area contributed by atoms with Crippen molar-refractivity contribution in [3.05, 3.63) is 36.5 Å². The Kier molecular flexibility index (Phi) is 5.74. The number of amides is 1. The molecule has 1 amide bonds. The van der Waals surface area contributed by atoms with Crippen molar-refractivity contribution in [3.8, 4) is 0 Å². The van der Waals surface area contributed by atoms with E-state index in [1.807, 2.05) is 0 Å². The van der Waals surface area contributed by atoms with Gasteiger partial charge in [-0.25, -0.2) is 4.98 Å². The van der Waals surface area contributed by atoms with Crippen LogP contribution < -0.4 is 10.6 Å². The molecule has 5 heteroatoms. The lowest BCUT2D eigenvalue weighted by atomic mass is 10.2. The molecule has 1 heterocycles. The third kappa shape index (κ3) is 4.65. The highest BCUT2D eigenvalue weighted by molar-refractivity contribution is 5.94. The second-order valence-corrected chi connectivity index (χ2v) is 3.35. The molecule has 1 aromatic heterocycles. The zero-order chi connectivity index (χ0) is 12.5. The van der Waals surface area contributed by atoms with Crippen LogP contribution >= 0.6 is 0 Å². The van der Waals surface area contributed by atoms with Crippen LogP contribution in [0.15, 0.2) is 31.0 Å². The van der Waals surface area contributed by atoms with Crippen LogP contribution in [-0.4, -0.2) is 37.7 Å². The van der Waals surface area contributed by atoms with E-state index in [9.17, 15) is 4.79 Å². The minimum atomic E-state index is -0.148. The highest BCUT2D eigenvalue weighted by Crippen LogP contribution is 2.04.